The van der Waals surface area contributed by atoms with Crippen LogP contribution in [0.4, 0.5) is 0 Å². The zero-order chi connectivity index (χ0) is 14.7. The molecule has 2 fully saturated rings. The molecule has 0 saturated carbocycles. The highest BCUT2D eigenvalue weighted by molar-refractivity contribution is 7.10. The zero-order valence-corrected chi connectivity index (χ0v) is 12.5. The van der Waals surface area contributed by atoms with E-state index < -0.39 is 0 Å². The Morgan fingerprint density at radius 3 is 3.24 bits per heavy atom. The first-order valence-corrected chi connectivity index (χ1v) is 8.02. The maximum absolute atomic E-state index is 12.2. The van der Waals surface area contributed by atoms with E-state index in [0.717, 1.165) is 4.88 Å². The van der Waals surface area contributed by atoms with Crippen molar-refractivity contribution in [2.75, 3.05) is 26.2 Å². The molecule has 2 aliphatic rings. The predicted octanol–water partition coefficient (Wildman–Crippen LogP) is 1.12. The zero-order valence-electron chi connectivity index (χ0n) is 11.7. The normalized spacial score (nSPS) is 26.3. The van der Waals surface area contributed by atoms with E-state index in [1.807, 2.05) is 23.6 Å². The number of nitrogens with one attached hydrogen (secondary N) is 1. The second-order valence-corrected chi connectivity index (χ2v) is 6.21. The van der Waals surface area contributed by atoms with E-state index in [2.05, 4.69) is 5.32 Å². The van der Waals surface area contributed by atoms with Crippen molar-refractivity contribution < 1.29 is 14.3 Å². The quantitative estimate of drug-likeness (QED) is 0.833. The molecule has 3 rings (SSSR count). The summed E-state index contributed by atoms with van der Waals surface area (Å²) in [7, 11) is 0. The van der Waals surface area contributed by atoms with E-state index in [0.29, 0.717) is 32.7 Å². The number of piperidine rings is 1. The third-order valence-corrected chi connectivity index (χ3v) is 4.71. The third kappa shape index (κ3) is 3.33. The Morgan fingerprint density at radius 2 is 2.43 bits per heavy atom. The summed E-state index contributed by atoms with van der Waals surface area (Å²) in [6.07, 6.45) is 3.91. The largest absolute Gasteiger partial charge is 0.374 e. The third-order valence-electron chi connectivity index (χ3n) is 3.87. The molecule has 2 saturated heterocycles. The fourth-order valence-corrected chi connectivity index (χ4v) is 3.36. The highest BCUT2D eigenvalue weighted by atomic mass is 32.1. The first-order valence-electron chi connectivity index (χ1n) is 7.14. The fourth-order valence-electron chi connectivity index (χ4n) is 2.75. The summed E-state index contributed by atoms with van der Waals surface area (Å²) in [6.45, 7) is 2.16. The highest BCUT2D eigenvalue weighted by Gasteiger charge is 2.37. The molecule has 0 aromatic carbocycles. The molecule has 2 aliphatic heterocycles. The predicted molar refractivity (Wildman–Crippen MR) is 80.8 cm³/mol. The molecule has 21 heavy (non-hydrogen) atoms. The Morgan fingerprint density at radius 1 is 1.52 bits per heavy atom. The average Bonchev–Trinajstić information content (AvgIpc) is 2.95. The second-order valence-electron chi connectivity index (χ2n) is 5.23. The molecule has 112 valence electrons. The van der Waals surface area contributed by atoms with Crippen LogP contribution in [-0.2, 0) is 14.3 Å². The fraction of sp³-hybridized carbons (Fsp3) is 0.467. The van der Waals surface area contributed by atoms with E-state index >= 15 is 0 Å². The molecule has 1 aromatic rings. The number of carbonyl (C=O) groups is 2. The SMILES string of the molecule is O=C1NCCO[C@H]2CN(C(=O)/C=C/c3cccs3)CC[C@@H]12. The molecule has 0 radical (unpaired) electrons. The summed E-state index contributed by atoms with van der Waals surface area (Å²) < 4.78 is 5.71. The number of rotatable bonds is 2. The van der Waals surface area contributed by atoms with Crippen molar-refractivity contribution >= 4 is 29.2 Å². The lowest BCUT2D eigenvalue weighted by atomic mass is 9.93. The Labute approximate surface area is 127 Å². The monoisotopic (exact) mass is 306 g/mol. The summed E-state index contributed by atoms with van der Waals surface area (Å²) in [5.41, 5.74) is 0. The van der Waals surface area contributed by atoms with Crippen LogP contribution in [0.2, 0.25) is 0 Å². The van der Waals surface area contributed by atoms with Gasteiger partial charge in [0.2, 0.25) is 11.8 Å². The van der Waals surface area contributed by atoms with Gasteiger partial charge in [0.1, 0.15) is 0 Å². The van der Waals surface area contributed by atoms with Gasteiger partial charge in [0.15, 0.2) is 0 Å². The lowest BCUT2D eigenvalue weighted by Crippen LogP contribution is -2.50. The van der Waals surface area contributed by atoms with Crippen LogP contribution in [0, 0.1) is 5.92 Å². The smallest absolute Gasteiger partial charge is 0.246 e. The van der Waals surface area contributed by atoms with Gasteiger partial charge in [0.05, 0.1) is 18.6 Å². The van der Waals surface area contributed by atoms with Crippen LogP contribution in [0.15, 0.2) is 23.6 Å². The molecule has 0 unspecified atom stereocenters. The Bertz CT molecular complexity index is 541. The summed E-state index contributed by atoms with van der Waals surface area (Å²) in [5.74, 6) is -0.0911. The number of likely N-dealkylation sites (tertiary alicyclic amines) is 1. The number of thiophene rings is 1. The molecule has 0 aliphatic carbocycles. The van der Waals surface area contributed by atoms with Crippen LogP contribution in [0.5, 0.6) is 0 Å². The molecule has 0 spiro atoms. The maximum Gasteiger partial charge on any atom is 0.246 e. The lowest BCUT2D eigenvalue weighted by molar-refractivity contribution is -0.138. The molecule has 2 amide bonds. The van der Waals surface area contributed by atoms with Crippen molar-refractivity contribution in [3.63, 3.8) is 0 Å². The number of ether oxygens (including phenoxy) is 1. The molecular formula is C15H18N2O3S. The first-order chi connectivity index (χ1) is 10.2. The van der Waals surface area contributed by atoms with E-state index in [-0.39, 0.29) is 23.8 Å². The Balaban J connectivity index is 1.62. The van der Waals surface area contributed by atoms with E-state index in [1.165, 1.54) is 0 Å². The molecule has 3 heterocycles. The molecule has 5 nitrogen and oxygen atoms in total. The van der Waals surface area contributed by atoms with Crippen LogP contribution < -0.4 is 5.32 Å². The van der Waals surface area contributed by atoms with E-state index in [1.54, 1.807) is 22.3 Å². The Kier molecular flexibility index (Phi) is 4.36. The standard InChI is InChI=1S/C15H18N2O3S/c18-14(4-3-11-2-1-9-21-11)17-7-5-12-13(10-17)20-8-6-16-15(12)19/h1-4,9,12-13H,5-8,10H2,(H,16,19)/b4-3+/t12-,13+/m1/s1. The number of carbonyl (C=O) groups excluding carboxylic acids is 2. The number of hydrogen-bond donors (Lipinski definition) is 1. The summed E-state index contributed by atoms with van der Waals surface area (Å²) in [6, 6.07) is 3.93. The van der Waals surface area contributed by atoms with Gasteiger partial charge in [-0.15, -0.1) is 11.3 Å². The minimum absolute atomic E-state index is 0.0184. The maximum atomic E-state index is 12.2. The first kappa shape index (κ1) is 14.3. The van der Waals surface area contributed by atoms with Gasteiger partial charge >= 0.3 is 0 Å². The molecule has 2 atom stereocenters. The van der Waals surface area contributed by atoms with E-state index in [9.17, 15) is 9.59 Å². The minimum atomic E-state index is -0.180. The van der Waals surface area contributed by atoms with Crippen LogP contribution in [0.25, 0.3) is 6.08 Å². The van der Waals surface area contributed by atoms with Crippen LogP contribution in [0.1, 0.15) is 11.3 Å². The lowest BCUT2D eigenvalue weighted by Gasteiger charge is -2.35. The van der Waals surface area contributed by atoms with Crippen molar-refractivity contribution in [3.05, 3.63) is 28.5 Å². The van der Waals surface area contributed by atoms with Gasteiger partial charge in [-0.3, -0.25) is 9.59 Å². The molecule has 1 N–H and O–H groups in total. The molecular weight excluding hydrogens is 288 g/mol. The number of nitrogens with zero attached hydrogens (tertiary/aromatic N) is 1. The Hall–Kier alpha value is -1.66. The number of amides is 2. The van der Waals surface area contributed by atoms with Gasteiger partial charge in [-0.1, -0.05) is 6.07 Å². The molecule has 6 heteroatoms. The minimum Gasteiger partial charge on any atom is -0.374 e. The van der Waals surface area contributed by atoms with Gasteiger partial charge in [-0.05, 0) is 23.9 Å². The van der Waals surface area contributed by atoms with Gasteiger partial charge in [-0.2, -0.15) is 0 Å². The van der Waals surface area contributed by atoms with Crippen molar-refractivity contribution in [2.45, 2.75) is 12.5 Å². The van der Waals surface area contributed by atoms with Crippen LogP contribution >= 0.6 is 11.3 Å². The van der Waals surface area contributed by atoms with Gasteiger partial charge in [0, 0.05) is 30.6 Å². The van der Waals surface area contributed by atoms with Crippen LogP contribution in [-0.4, -0.2) is 49.1 Å². The average molecular weight is 306 g/mol. The molecule has 1 aromatic heterocycles. The summed E-state index contributed by atoms with van der Waals surface area (Å²) in [4.78, 5) is 26.9. The highest BCUT2D eigenvalue weighted by Crippen LogP contribution is 2.22. The van der Waals surface area contributed by atoms with Crippen molar-refractivity contribution in [1.82, 2.24) is 10.2 Å². The van der Waals surface area contributed by atoms with Gasteiger partial charge < -0.3 is 15.0 Å². The van der Waals surface area contributed by atoms with Crippen molar-refractivity contribution in [3.8, 4) is 0 Å². The second kappa shape index (κ2) is 6.41. The van der Waals surface area contributed by atoms with Crippen molar-refractivity contribution in [2.24, 2.45) is 5.92 Å². The van der Waals surface area contributed by atoms with Gasteiger partial charge in [-0.25, -0.2) is 0 Å². The van der Waals surface area contributed by atoms with Crippen LogP contribution in [0.3, 0.4) is 0 Å². The van der Waals surface area contributed by atoms with Crippen molar-refractivity contribution in [1.29, 1.82) is 0 Å². The van der Waals surface area contributed by atoms with E-state index in [4.69, 9.17) is 4.74 Å². The number of fused-ring (bicyclic) bond motifs is 1. The molecule has 0 bridgehead atoms. The summed E-state index contributed by atoms with van der Waals surface area (Å²) >= 11 is 1.60. The van der Waals surface area contributed by atoms with Gasteiger partial charge in [0.25, 0.3) is 0 Å². The summed E-state index contributed by atoms with van der Waals surface area (Å²) in [5, 5.41) is 4.83. The number of hydrogen-bond acceptors (Lipinski definition) is 4. The topological polar surface area (TPSA) is 58.6 Å².